The number of piperidine rings is 1. The zero-order chi connectivity index (χ0) is 24.7. The fourth-order valence-electron chi connectivity index (χ4n) is 3.95. The number of hydrogen-bond donors (Lipinski definition) is 4. The number of rotatable bonds is 8. The van der Waals surface area contributed by atoms with Crippen molar-refractivity contribution >= 4 is 23.5 Å². The van der Waals surface area contributed by atoms with Gasteiger partial charge in [-0.1, -0.05) is 12.1 Å². The van der Waals surface area contributed by atoms with E-state index in [-0.39, 0.29) is 11.3 Å². The topological polar surface area (TPSA) is 95.0 Å². The quantitative estimate of drug-likeness (QED) is 0.420. The van der Waals surface area contributed by atoms with Gasteiger partial charge in [-0.25, -0.2) is 0 Å². The zero-order valence-electron chi connectivity index (χ0n) is 19.1. The minimum absolute atomic E-state index is 0.0540. The monoisotopic (exact) mass is 478 g/mol. The van der Waals surface area contributed by atoms with E-state index in [9.17, 15) is 23.1 Å². The summed E-state index contributed by atoms with van der Waals surface area (Å²) in [6, 6.07) is 8.87. The number of carbonyl (C=O) groups excluding carboxylic acids is 1. The lowest BCUT2D eigenvalue weighted by molar-refractivity contribution is -0.123. The summed E-state index contributed by atoms with van der Waals surface area (Å²) in [5.74, 6) is -1.16. The summed E-state index contributed by atoms with van der Waals surface area (Å²) in [5, 5.41) is 18.7. The van der Waals surface area contributed by atoms with Gasteiger partial charge in [0.1, 0.15) is 23.6 Å². The number of nitrogens with one attached hydrogen (secondary N) is 3. The maximum absolute atomic E-state index is 12.5. The van der Waals surface area contributed by atoms with Crippen LogP contribution in [0, 0.1) is 0 Å². The van der Waals surface area contributed by atoms with E-state index in [2.05, 4.69) is 27.8 Å². The fraction of sp³-hybridized carbons (Fsp3) is 0.417. The first-order chi connectivity index (χ1) is 16.2. The molecule has 0 atom stereocenters. The molecule has 0 aliphatic carbocycles. The molecule has 0 bridgehead atoms. The second kappa shape index (κ2) is 11.2. The van der Waals surface area contributed by atoms with Gasteiger partial charge in [0.15, 0.2) is 0 Å². The van der Waals surface area contributed by atoms with Crippen molar-refractivity contribution in [2.45, 2.75) is 38.4 Å². The average Bonchev–Trinajstić information content (AvgIpc) is 2.81. The lowest BCUT2D eigenvalue weighted by atomic mass is 9.89. The molecular weight excluding hydrogens is 449 g/mol. The van der Waals surface area contributed by atoms with Gasteiger partial charge in [-0.05, 0) is 62.2 Å². The van der Waals surface area contributed by atoms with Gasteiger partial charge in [0.25, 0.3) is 5.91 Å². The van der Waals surface area contributed by atoms with Crippen molar-refractivity contribution in [3.63, 3.8) is 0 Å². The van der Waals surface area contributed by atoms with Gasteiger partial charge in [0, 0.05) is 23.5 Å². The minimum Gasteiger partial charge on any atom is -0.507 e. The van der Waals surface area contributed by atoms with Gasteiger partial charge in [-0.3, -0.25) is 9.79 Å². The summed E-state index contributed by atoms with van der Waals surface area (Å²) in [6.07, 6.45) is -0.722. The van der Waals surface area contributed by atoms with Crippen molar-refractivity contribution in [3.05, 3.63) is 47.0 Å². The molecule has 0 aromatic heterocycles. The lowest BCUT2D eigenvalue weighted by Crippen LogP contribution is -2.33. The van der Waals surface area contributed by atoms with E-state index in [0.29, 0.717) is 18.2 Å². The number of phenolic OH excluding ortho intramolecular Hbond substituents is 1. The number of phenols is 1. The van der Waals surface area contributed by atoms with E-state index >= 15 is 0 Å². The Balaban J connectivity index is 1.87. The van der Waals surface area contributed by atoms with E-state index in [1.807, 2.05) is 13.0 Å². The minimum atomic E-state index is -4.57. The second-order valence-electron chi connectivity index (χ2n) is 8.04. The van der Waals surface area contributed by atoms with Crippen molar-refractivity contribution in [1.29, 1.82) is 0 Å². The summed E-state index contributed by atoms with van der Waals surface area (Å²) < 4.78 is 42.6. The first kappa shape index (κ1) is 25.4. The second-order valence-corrected chi connectivity index (χ2v) is 8.04. The van der Waals surface area contributed by atoms with Gasteiger partial charge < -0.3 is 25.8 Å². The third kappa shape index (κ3) is 6.63. The van der Waals surface area contributed by atoms with Crippen LogP contribution >= 0.6 is 0 Å². The lowest BCUT2D eigenvalue weighted by Gasteiger charge is -2.24. The molecule has 1 aliphatic heterocycles. The molecule has 0 radical (unpaired) electrons. The molecule has 184 valence electrons. The Labute approximate surface area is 196 Å². The summed E-state index contributed by atoms with van der Waals surface area (Å²) in [5.41, 5.74) is 3.01. The highest BCUT2D eigenvalue weighted by Gasteiger charge is 2.29. The largest absolute Gasteiger partial charge is 0.507 e. The first-order valence-corrected chi connectivity index (χ1v) is 11.0. The number of ether oxygens (including phenoxy) is 1. The number of halogens is 3. The highest BCUT2D eigenvalue weighted by atomic mass is 19.4. The van der Waals surface area contributed by atoms with Crippen LogP contribution in [-0.4, -0.2) is 50.1 Å². The summed E-state index contributed by atoms with van der Waals surface area (Å²) in [7, 11) is 1.27. The number of carbonyl (C=O) groups is 1. The molecule has 0 unspecified atom stereocenters. The standard InChI is InChI=1S/C24H29F3N4O3/c1-3-28-13-17-10-16(15-6-8-29-9-7-15)4-5-19(17)31-18-11-20(32)22(21(12-18)34-2)23(33)30-14-24(25,26)27/h3-5,10-12,15,29,31-32H,6-9,13-14H2,1-2H3,(H,30,33). The number of benzene rings is 2. The highest BCUT2D eigenvalue weighted by molar-refractivity contribution is 6.00. The molecule has 7 nitrogen and oxygen atoms in total. The molecular formula is C24H29F3N4O3. The Bertz CT molecular complexity index is 1030. The van der Waals surface area contributed by atoms with E-state index in [4.69, 9.17) is 4.74 Å². The van der Waals surface area contributed by atoms with Gasteiger partial charge in [-0.15, -0.1) is 0 Å². The molecule has 2 aromatic rings. The predicted molar refractivity (Wildman–Crippen MR) is 125 cm³/mol. The average molecular weight is 479 g/mol. The van der Waals surface area contributed by atoms with Gasteiger partial charge in [0.2, 0.25) is 0 Å². The molecule has 34 heavy (non-hydrogen) atoms. The summed E-state index contributed by atoms with van der Waals surface area (Å²) >= 11 is 0. The highest BCUT2D eigenvalue weighted by Crippen LogP contribution is 2.35. The molecule has 0 spiro atoms. The van der Waals surface area contributed by atoms with Crippen LogP contribution < -0.4 is 20.7 Å². The van der Waals surface area contributed by atoms with Crippen LogP contribution in [0.15, 0.2) is 35.3 Å². The van der Waals surface area contributed by atoms with E-state index in [1.165, 1.54) is 24.8 Å². The van der Waals surface area contributed by atoms with Crippen LogP contribution in [-0.2, 0) is 6.54 Å². The molecule has 1 amide bonds. The van der Waals surface area contributed by atoms with Crippen molar-refractivity contribution in [1.82, 2.24) is 10.6 Å². The first-order valence-electron chi connectivity index (χ1n) is 11.0. The van der Waals surface area contributed by atoms with Gasteiger partial charge in [-0.2, -0.15) is 13.2 Å². The van der Waals surface area contributed by atoms with Crippen molar-refractivity contribution < 1.29 is 27.8 Å². The molecule has 4 N–H and O–H groups in total. The molecule has 10 heteroatoms. The molecule has 1 heterocycles. The summed E-state index contributed by atoms with van der Waals surface area (Å²) in [6.45, 7) is 2.75. The Morgan fingerprint density at radius 2 is 2.00 bits per heavy atom. The third-order valence-electron chi connectivity index (χ3n) is 5.64. The smallest absolute Gasteiger partial charge is 0.405 e. The molecule has 1 fully saturated rings. The predicted octanol–water partition coefficient (Wildman–Crippen LogP) is 4.49. The van der Waals surface area contributed by atoms with Crippen molar-refractivity contribution in [2.24, 2.45) is 4.99 Å². The number of anilines is 2. The fourth-order valence-corrected chi connectivity index (χ4v) is 3.95. The molecule has 1 saturated heterocycles. The van der Waals surface area contributed by atoms with Crippen LogP contribution in [0.25, 0.3) is 0 Å². The summed E-state index contributed by atoms with van der Waals surface area (Å²) in [4.78, 5) is 16.6. The number of aliphatic imine (C=N–C) groups is 1. The van der Waals surface area contributed by atoms with E-state index in [1.54, 1.807) is 11.5 Å². The number of aromatic hydroxyl groups is 1. The number of amides is 1. The molecule has 1 aliphatic rings. The Morgan fingerprint density at radius 3 is 2.65 bits per heavy atom. The maximum atomic E-state index is 12.5. The van der Waals surface area contributed by atoms with E-state index in [0.717, 1.165) is 37.2 Å². The van der Waals surface area contributed by atoms with E-state index < -0.39 is 24.4 Å². The maximum Gasteiger partial charge on any atom is 0.405 e. The van der Waals surface area contributed by atoms with Crippen LogP contribution in [0.1, 0.15) is 47.2 Å². The van der Waals surface area contributed by atoms with Gasteiger partial charge >= 0.3 is 6.18 Å². The van der Waals surface area contributed by atoms with Crippen molar-refractivity contribution in [3.8, 4) is 11.5 Å². The number of nitrogens with zero attached hydrogens (tertiary/aromatic N) is 1. The van der Waals surface area contributed by atoms with Crippen molar-refractivity contribution in [2.75, 3.05) is 32.1 Å². The Kier molecular flexibility index (Phi) is 8.38. The third-order valence-corrected chi connectivity index (χ3v) is 5.64. The van der Waals surface area contributed by atoms with Gasteiger partial charge in [0.05, 0.1) is 13.7 Å². The van der Waals surface area contributed by atoms with Crippen LogP contribution in [0.2, 0.25) is 0 Å². The Hall–Kier alpha value is -3.27. The normalized spacial score (nSPS) is 14.9. The zero-order valence-corrected chi connectivity index (χ0v) is 19.1. The van der Waals surface area contributed by atoms with Crippen LogP contribution in [0.3, 0.4) is 0 Å². The van der Waals surface area contributed by atoms with Crippen LogP contribution in [0.5, 0.6) is 11.5 Å². The SMILES string of the molecule is CC=NCc1cc(C2CCNCC2)ccc1Nc1cc(O)c(C(=O)NCC(F)(F)F)c(OC)c1. The number of methoxy groups -OCH3 is 1. The number of alkyl halides is 3. The molecule has 2 aromatic carbocycles. The molecule has 3 rings (SSSR count). The van der Waals surface area contributed by atoms with Crippen LogP contribution in [0.4, 0.5) is 24.5 Å². The molecule has 0 saturated carbocycles. The number of hydrogen-bond acceptors (Lipinski definition) is 6. The Morgan fingerprint density at radius 1 is 1.26 bits per heavy atom.